The molecule has 2 aromatic rings. The number of nitrogens with one attached hydrogen (secondary N) is 1. The highest BCUT2D eigenvalue weighted by atomic mass is 19.1. The fraction of sp³-hybridized carbons (Fsp3) is 0.333. The van der Waals surface area contributed by atoms with Crippen LogP contribution in [0.5, 0.6) is 5.75 Å². The molecule has 28 heavy (non-hydrogen) atoms. The van der Waals surface area contributed by atoms with Crippen LogP contribution in [-0.2, 0) is 14.3 Å². The van der Waals surface area contributed by atoms with E-state index in [2.05, 4.69) is 5.32 Å². The quantitative estimate of drug-likeness (QED) is 0.736. The van der Waals surface area contributed by atoms with Crippen molar-refractivity contribution < 1.29 is 28.2 Å². The number of carbonyl (C=O) groups excluding carboxylic acids is 2. The summed E-state index contributed by atoms with van der Waals surface area (Å²) in [5.41, 5.74) is 0.593. The summed E-state index contributed by atoms with van der Waals surface area (Å²) in [7, 11) is 0. The minimum Gasteiger partial charge on any atom is -0.491 e. The Balaban J connectivity index is 1.49. The average Bonchev–Trinajstić information content (AvgIpc) is 3.20. The van der Waals surface area contributed by atoms with Crippen LogP contribution in [-0.4, -0.2) is 37.3 Å². The van der Waals surface area contributed by atoms with Crippen molar-refractivity contribution in [3.05, 3.63) is 59.9 Å². The zero-order valence-corrected chi connectivity index (χ0v) is 15.5. The van der Waals surface area contributed by atoms with Gasteiger partial charge in [-0.05, 0) is 62.2 Å². The second kappa shape index (κ2) is 9.32. The SMILES string of the molecule is C[C@H](OC(=O)c1ccc(OC[C@@H]2CCCO2)cc1)C(=O)Nc1cccc(F)c1. The van der Waals surface area contributed by atoms with Crippen molar-refractivity contribution in [1.82, 2.24) is 0 Å². The highest BCUT2D eigenvalue weighted by Gasteiger charge is 2.20. The number of carbonyl (C=O) groups is 2. The van der Waals surface area contributed by atoms with Crippen LogP contribution < -0.4 is 10.1 Å². The number of rotatable bonds is 7. The van der Waals surface area contributed by atoms with E-state index < -0.39 is 23.8 Å². The number of amides is 1. The summed E-state index contributed by atoms with van der Waals surface area (Å²) < 4.78 is 29.5. The van der Waals surface area contributed by atoms with Gasteiger partial charge >= 0.3 is 5.97 Å². The molecule has 6 nitrogen and oxygen atoms in total. The Morgan fingerprint density at radius 2 is 2.04 bits per heavy atom. The van der Waals surface area contributed by atoms with Crippen LogP contribution in [0.4, 0.5) is 10.1 Å². The molecule has 1 amide bonds. The fourth-order valence-electron chi connectivity index (χ4n) is 2.74. The molecule has 0 bridgehead atoms. The van der Waals surface area contributed by atoms with Crippen molar-refractivity contribution in [2.24, 2.45) is 0 Å². The predicted molar refractivity (Wildman–Crippen MR) is 101 cm³/mol. The summed E-state index contributed by atoms with van der Waals surface area (Å²) >= 11 is 0. The third-order valence-electron chi connectivity index (χ3n) is 4.30. The van der Waals surface area contributed by atoms with E-state index in [1.807, 2.05) is 0 Å². The molecular formula is C21H22FNO5. The minimum absolute atomic E-state index is 0.113. The lowest BCUT2D eigenvalue weighted by Gasteiger charge is -2.14. The molecule has 1 N–H and O–H groups in total. The standard InChI is InChI=1S/C21H22FNO5/c1-14(20(24)23-17-5-2-4-16(22)12-17)28-21(25)15-7-9-18(10-8-15)27-13-19-6-3-11-26-19/h2,4-5,7-10,12,14,19H,3,6,11,13H2,1H3,(H,23,24)/t14-,19-/m0/s1. The number of benzene rings is 2. The molecule has 0 saturated carbocycles. The molecule has 0 radical (unpaired) electrons. The Labute approximate surface area is 162 Å². The third-order valence-corrected chi connectivity index (χ3v) is 4.30. The smallest absolute Gasteiger partial charge is 0.338 e. The van der Waals surface area contributed by atoms with E-state index in [9.17, 15) is 14.0 Å². The van der Waals surface area contributed by atoms with E-state index in [0.29, 0.717) is 23.6 Å². The maximum Gasteiger partial charge on any atom is 0.338 e. The minimum atomic E-state index is -1.04. The summed E-state index contributed by atoms with van der Waals surface area (Å²) in [6.45, 7) is 2.69. The number of ether oxygens (including phenoxy) is 3. The molecule has 2 atom stereocenters. The Hall–Kier alpha value is -2.93. The van der Waals surface area contributed by atoms with E-state index in [-0.39, 0.29) is 6.10 Å². The molecular weight excluding hydrogens is 365 g/mol. The number of hydrogen-bond donors (Lipinski definition) is 1. The lowest BCUT2D eigenvalue weighted by atomic mass is 10.2. The maximum atomic E-state index is 13.2. The molecule has 7 heteroatoms. The first-order valence-electron chi connectivity index (χ1n) is 9.13. The normalized spacial score (nSPS) is 17.0. The van der Waals surface area contributed by atoms with Crippen LogP contribution in [0.25, 0.3) is 0 Å². The van der Waals surface area contributed by atoms with Crippen molar-refractivity contribution in [2.75, 3.05) is 18.5 Å². The van der Waals surface area contributed by atoms with Gasteiger partial charge in [0.1, 0.15) is 18.2 Å². The van der Waals surface area contributed by atoms with Crippen LogP contribution >= 0.6 is 0 Å². The average molecular weight is 387 g/mol. The van der Waals surface area contributed by atoms with Gasteiger partial charge in [-0.25, -0.2) is 9.18 Å². The Kier molecular flexibility index (Phi) is 6.60. The molecule has 1 aliphatic heterocycles. The van der Waals surface area contributed by atoms with Crippen LogP contribution in [0, 0.1) is 5.82 Å². The van der Waals surface area contributed by atoms with Crippen LogP contribution in [0.15, 0.2) is 48.5 Å². The predicted octanol–water partition coefficient (Wildman–Crippen LogP) is 3.57. The topological polar surface area (TPSA) is 73.9 Å². The first-order chi connectivity index (χ1) is 13.5. The fourth-order valence-corrected chi connectivity index (χ4v) is 2.74. The van der Waals surface area contributed by atoms with E-state index in [1.54, 1.807) is 30.3 Å². The number of anilines is 1. The number of halogens is 1. The van der Waals surface area contributed by atoms with Gasteiger partial charge in [0.25, 0.3) is 5.91 Å². The second-order valence-electron chi connectivity index (χ2n) is 6.52. The molecule has 1 saturated heterocycles. The van der Waals surface area contributed by atoms with Crippen LogP contribution in [0.3, 0.4) is 0 Å². The lowest BCUT2D eigenvalue weighted by molar-refractivity contribution is -0.123. The molecule has 0 aliphatic carbocycles. The maximum absolute atomic E-state index is 13.2. The van der Waals surface area contributed by atoms with Crippen LogP contribution in [0.2, 0.25) is 0 Å². The zero-order chi connectivity index (χ0) is 19.9. The third kappa shape index (κ3) is 5.53. The van der Waals surface area contributed by atoms with E-state index in [1.165, 1.54) is 25.1 Å². The monoisotopic (exact) mass is 387 g/mol. The van der Waals surface area contributed by atoms with Gasteiger partial charge in [-0.2, -0.15) is 0 Å². The number of hydrogen-bond acceptors (Lipinski definition) is 5. The lowest BCUT2D eigenvalue weighted by Crippen LogP contribution is -2.30. The van der Waals surface area contributed by atoms with Gasteiger partial charge in [0, 0.05) is 12.3 Å². The molecule has 0 aromatic heterocycles. The first-order valence-corrected chi connectivity index (χ1v) is 9.13. The van der Waals surface area contributed by atoms with Gasteiger partial charge in [-0.1, -0.05) is 6.07 Å². The number of esters is 1. The summed E-state index contributed by atoms with van der Waals surface area (Å²) in [4.78, 5) is 24.3. The second-order valence-corrected chi connectivity index (χ2v) is 6.52. The van der Waals surface area contributed by atoms with Crippen molar-refractivity contribution in [3.63, 3.8) is 0 Å². The Bertz CT molecular complexity index is 818. The summed E-state index contributed by atoms with van der Waals surface area (Å²) in [6.07, 6.45) is 1.11. The molecule has 1 fully saturated rings. The van der Waals surface area contributed by atoms with E-state index in [4.69, 9.17) is 14.2 Å². The molecule has 148 valence electrons. The molecule has 0 unspecified atom stereocenters. The van der Waals surface area contributed by atoms with Gasteiger partial charge < -0.3 is 19.5 Å². The highest BCUT2D eigenvalue weighted by Crippen LogP contribution is 2.17. The molecule has 2 aromatic carbocycles. The van der Waals surface area contributed by atoms with E-state index >= 15 is 0 Å². The summed E-state index contributed by atoms with van der Waals surface area (Å²) in [5.74, 6) is -1.02. The van der Waals surface area contributed by atoms with Crippen LogP contribution in [0.1, 0.15) is 30.1 Å². The molecule has 0 spiro atoms. The van der Waals surface area contributed by atoms with Gasteiger partial charge in [-0.3, -0.25) is 4.79 Å². The van der Waals surface area contributed by atoms with Gasteiger partial charge in [-0.15, -0.1) is 0 Å². The summed E-state index contributed by atoms with van der Waals surface area (Å²) in [5, 5.41) is 2.50. The molecule has 1 heterocycles. The van der Waals surface area contributed by atoms with Crippen molar-refractivity contribution in [1.29, 1.82) is 0 Å². The zero-order valence-electron chi connectivity index (χ0n) is 15.5. The van der Waals surface area contributed by atoms with Gasteiger partial charge in [0.05, 0.1) is 11.7 Å². The van der Waals surface area contributed by atoms with Gasteiger partial charge in [0.2, 0.25) is 0 Å². The van der Waals surface area contributed by atoms with E-state index in [0.717, 1.165) is 19.4 Å². The summed E-state index contributed by atoms with van der Waals surface area (Å²) in [6, 6.07) is 12.0. The Morgan fingerprint density at radius 1 is 1.25 bits per heavy atom. The first kappa shape index (κ1) is 19.8. The largest absolute Gasteiger partial charge is 0.491 e. The highest BCUT2D eigenvalue weighted by molar-refractivity contribution is 5.97. The molecule has 3 rings (SSSR count). The molecule has 1 aliphatic rings. The van der Waals surface area contributed by atoms with Gasteiger partial charge in [0.15, 0.2) is 6.10 Å². The van der Waals surface area contributed by atoms with Crippen molar-refractivity contribution >= 4 is 17.6 Å². The Morgan fingerprint density at radius 3 is 2.71 bits per heavy atom. The van der Waals surface area contributed by atoms with Crippen molar-refractivity contribution in [2.45, 2.75) is 32.0 Å². The van der Waals surface area contributed by atoms with Crippen molar-refractivity contribution in [3.8, 4) is 5.75 Å².